The van der Waals surface area contributed by atoms with Gasteiger partial charge in [-0.15, -0.1) is 0 Å². The van der Waals surface area contributed by atoms with Gasteiger partial charge in [0, 0.05) is 33.2 Å². The zero-order valence-electron chi connectivity index (χ0n) is 17.2. The van der Waals surface area contributed by atoms with E-state index in [2.05, 4.69) is 35.4 Å². The lowest BCUT2D eigenvalue weighted by molar-refractivity contribution is 0.0592. The maximum absolute atomic E-state index is 11.5. The van der Waals surface area contributed by atoms with Crippen LogP contribution in [-0.2, 0) is 9.47 Å². The standard InChI is InChI=1S/C11H9BrClNO2.C11H10ClNO2/c1-5-3-6(11(15)16-2)9(13)8-7(12)4-14-10(5)8;1-6-5-8(11(14)15-2)9(12)7-3-4-13-10(6)7/h3-4,14H,1-2H3;3-5,13H,1-2H3. The molecule has 0 aliphatic heterocycles. The lowest BCUT2D eigenvalue weighted by Crippen LogP contribution is -2.03. The smallest absolute Gasteiger partial charge is 0.339 e. The fraction of sp³-hybridized carbons (Fsp3) is 0.182. The van der Waals surface area contributed by atoms with Crippen LogP contribution in [0.4, 0.5) is 0 Å². The largest absolute Gasteiger partial charge is 0.465 e. The van der Waals surface area contributed by atoms with Gasteiger partial charge in [0.25, 0.3) is 0 Å². The molecule has 0 saturated heterocycles. The molecule has 0 aliphatic rings. The Bertz CT molecular complexity index is 1310. The normalized spacial score (nSPS) is 10.7. The van der Waals surface area contributed by atoms with Crippen LogP contribution in [0.3, 0.4) is 0 Å². The molecule has 0 unspecified atom stereocenters. The maximum Gasteiger partial charge on any atom is 0.339 e. The minimum absolute atomic E-state index is 0.384. The van der Waals surface area contributed by atoms with E-state index < -0.39 is 11.9 Å². The number of aryl methyl sites for hydroxylation is 2. The molecule has 4 rings (SSSR count). The van der Waals surface area contributed by atoms with Crippen molar-refractivity contribution in [3.05, 3.63) is 67.4 Å². The Balaban J connectivity index is 0.000000176. The van der Waals surface area contributed by atoms with Crippen molar-refractivity contribution in [2.75, 3.05) is 14.2 Å². The van der Waals surface area contributed by atoms with Crippen LogP contribution in [0.5, 0.6) is 0 Å². The molecule has 0 atom stereocenters. The van der Waals surface area contributed by atoms with Crippen molar-refractivity contribution in [2.45, 2.75) is 13.8 Å². The van der Waals surface area contributed by atoms with E-state index in [1.54, 1.807) is 24.5 Å². The number of halogens is 3. The minimum atomic E-state index is -0.428. The molecule has 0 saturated carbocycles. The summed E-state index contributed by atoms with van der Waals surface area (Å²) in [5.74, 6) is -0.839. The summed E-state index contributed by atoms with van der Waals surface area (Å²) in [4.78, 5) is 29.1. The van der Waals surface area contributed by atoms with Gasteiger partial charge in [0.15, 0.2) is 0 Å². The Labute approximate surface area is 196 Å². The van der Waals surface area contributed by atoms with Gasteiger partial charge in [-0.1, -0.05) is 23.2 Å². The van der Waals surface area contributed by atoms with E-state index in [1.807, 2.05) is 19.9 Å². The highest BCUT2D eigenvalue weighted by Gasteiger charge is 2.18. The van der Waals surface area contributed by atoms with Gasteiger partial charge in [-0.05, 0) is 59.1 Å². The van der Waals surface area contributed by atoms with Gasteiger partial charge in [-0.3, -0.25) is 0 Å². The van der Waals surface area contributed by atoms with Gasteiger partial charge in [-0.2, -0.15) is 0 Å². The molecular weight excluding hydrogens is 507 g/mol. The molecule has 0 spiro atoms. The molecule has 0 radical (unpaired) electrons. The number of ether oxygens (including phenoxy) is 2. The predicted octanol–water partition coefficient (Wildman–Crippen LogP) is 6.60. The summed E-state index contributed by atoms with van der Waals surface area (Å²) >= 11 is 15.7. The lowest BCUT2D eigenvalue weighted by atomic mass is 10.1. The molecule has 2 aromatic carbocycles. The topological polar surface area (TPSA) is 84.2 Å². The highest BCUT2D eigenvalue weighted by atomic mass is 79.9. The van der Waals surface area contributed by atoms with E-state index in [0.29, 0.717) is 21.2 Å². The number of nitrogens with one attached hydrogen (secondary N) is 2. The monoisotopic (exact) mass is 524 g/mol. The molecule has 2 N–H and O–H groups in total. The number of H-pyrrole nitrogens is 2. The van der Waals surface area contributed by atoms with Crippen LogP contribution in [-0.4, -0.2) is 36.1 Å². The summed E-state index contributed by atoms with van der Waals surface area (Å²) in [6.45, 7) is 3.83. The van der Waals surface area contributed by atoms with Crippen LogP contribution in [0.1, 0.15) is 31.8 Å². The fourth-order valence-corrected chi connectivity index (χ4v) is 4.55. The van der Waals surface area contributed by atoms with Crippen molar-refractivity contribution in [3.8, 4) is 0 Å². The summed E-state index contributed by atoms with van der Waals surface area (Å²) < 4.78 is 10.2. The lowest BCUT2D eigenvalue weighted by Gasteiger charge is -2.06. The maximum atomic E-state index is 11.5. The van der Waals surface area contributed by atoms with Crippen molar-refractivity contribution in [3.63, 3.8) is 0 Å². The molecule has 0 fully saturated rings. The van der Waals surface area contributed by atoms with Crippen LogP contribution in [0, 0.1) is 13.8 Å². The SMILES string of the molecule is COC(=O)c1cc(C)c2[nH]cc(Br)c2c1Cl.COC(=O)c1cc(C)c2[nH]ccc2c1Cl. The van der Waals surface area contributed by atoms with E-state index in [4.69, 9.17) is 23.2 Å². The highest BCUT2D eigenvalue weighted by molar-refractivity contribution is 9.10. The Morgan fingerprint density at radius 2 is 1.45 bits per heavy atom. The summed E-state index contributed by atoms with van der Waals surface area (Å²) in [5.41, 5.74) is 4.58. The van der Waals surface area contributed by atoms with E-state index >= 15 is 0 Å². The first-order valence-electron chi connectivity index (χ1n) is 9.09. The minimum Gasteiger partial charge on any atom is -0.465 e. The summed E-state index contributed by atoms with van der Waals surface area (Å²) in [6, 6.07) is 5.30. The van der Waals surface area contributed by atoms with Gasteiger partial charge in [0.1, 0.15) is 0 Å². The van der Waals surface area contributed by atoms with Crippen LogP contribution < -0.4 is 0 Å². The molecule has 0 aliphatic carbocycles. The van der Waals surface area contributed by atoms with E-state index in [1.165, 1.54) is 14.2 Å². The second-order valence-corrected chi connectivity index (χ2v) is 8.36. The Morgan fingerprint density at radius 3 is 2.03 bits per heavy atom. The number of carbonyl (C=O) groups is 2. The van der Waals surface area contributed by atoms with Crippen LogP contribution in [0.2, 0.25) is 10.0 Å². The molecular formula is C22H19BrCl2N2O4. The molecule has 162 valence electrons. The molecule has 6 nitrogen and oxygen atoms in total. The summed E-state index contributed by atoms with van der Waals surface area (Å²) in [5, 5.41) is 2.49. The molecule has 0 amide bonds. The summed E-state index contributed by atoms with van der Waals surface area (Å²) in [7, 11) is 2.68. The van der Waals surface area contributed by atoms with Gasteiger partial charge in [-0.25, -0.2) is 9.59 Å². The van der Waals surface area contributed by atoms with Crippen LogP contribution >= 0.6 is 39.1 Å². The quantitative estimate of drug-likeness (QED) is 0.289. The third kappa shape index (κ3) is 4.31. The van der Waals surface area contributed by atoms with Gasteiger partial charge < -0.3 is 19.4 Å². The van der Waals surface area contributed by atoms with Crippen molar-refractivity contribution in [2.24, 2.45) is 0 Å². The number of esters is 2. The number of aromatic amines is 2. The Morgan fingerprint density at radius 1 is 0.903 bits per heavy atom. The second-order valence-electron chi connectivity index (χ2n) is 6.75. The first-order chi connectivity index (χ1) is 14.7. The van der Waals surface area contributed by atoms with Gasteiger partial charge in [0.05, 0.1) is 40.9 Å². The first kappa shape index (κ1) is 23.2. The number of hydrogen-bond donors (Lipinski definition) is 2. The van der Waals surface area contributed by atoms with Gasteiger partial charge in [0.2, 0.25) is 0 Å². The number of carbonyl (C=O) groups excluding carboxylic acids is 2. The van der Waals surface area contributed by atoms with Gasteiger partial charge >= 0.3 is 11.9 Å². The zero-order valence-corrected chi connectivity index (χ0v) is 20.3. The number of aromatic nitrogens is 2. The third-order valence-electron chi connectivity index (χ3n) is 4.83. The number of benzene rings is 2. The van der Waals surface area contributed by atoms with Crippen molar-refractivity contribution in [1.29, 1.82) is 0 Å². The molecule has 2 heterocycles. The van der Waals surface area contributed by atoms with E-state index in [9.17, 15) is 9.59 Å². The third-order valence-corrected chi connectivity index (χ3v) is 6.25. The number of fused-ring (bicyclic) bond motifs is 2. The number of methoxy groups -OCH3 is 2. The second kappa shape index (κ2) is 9.34. The van der Waals surface area contributed by atoms with E-state index in [0.717, 1.165) is 37.4 Å². The fourth-order valence-electron chi connectivity index (χ4n) is 3.30. The average molecular weight is 526 g/mol. The highest BCUT2D eigenvalue weighted by Crippen LogP contribution is 2.35. The molecule has 31 heavy (non-hydrogen) atoms. The molecule has 0 bridgehead atoms. The van der Waals surface area contributed by atoms with Crippen molar-refractivity contribution < 1.29 is 19.1 Å². The Hall–Kier alpha value is -2.48. The Kier molecular flexibility index (Phi) is 6.99. The molecule has 4 aromatic rings. The summed E-state index contributed by atoms with van der Waals surface area (Å²) in [6.07, 6.45) is 3.59. The molecule has 9 heteroatoms. The van der Waals surface area contributed by atoms with Crippen molar-refractivity contribution >= 4 is 72.9 Å². The van der Waals surface area contributed by atoms with Crippen LogP contribution in [0.25, 0.3) is 21.8 Å². The number of rotatable bonds is 2. The molecule has 2 aromatic heterocycles. The van der Waals surface area contributed by atoms with Crippen LogP contribution in [0.15, 0.2) is 35.1 Å². The van der Waals surface area contributed by atoms with Crippen molar-refractivity contribution in [1.82, 2.24) is 9.97 Å². The number of hydrogen-bond acceptors (Lipinski definition) is 4. The zero-order chi connectivity index (χ0) is 22.9. The predicted molar refractivity (Wildman–Crippen MR) is 126 cm³/mol. The van der Waals surface area contributed by atoms with E-state index in [-0.39, 0.29) is 0 Å². The average Bonchev–Trinajstić information content (AvgIpc) is 3.40. The first-order valence-corrected chi connectivity index (χ1v) is 10.6.